The maximum absolute atomic E-state index is 6.32. The predicted molar refractivity (Wildman–Crippen MR) is 79.7 cm³/mol. The molecule has 1 aliphatic rings. The van der Waals surface area contributed by atoms with Crippen molar-refractivity contribution in [3.05, 3.63) is 0 Å². The van der Waals surface area contributed by atoms with Crippen molar-refractivity contribution < 1.29 is 0 Å². The molecule has 1 saturated carbocycles. The van der Waals surface area contributed by atoms with Crippen molar-refractivity contribution in [2.75, 3.05) is 34.2 Å². The highest BCUT2D eigenvalue weighted by atomic mass is 15.2. The van der Waals surface area contributed by atoms with Crippen molar-refractivity contribution >= 4 is 0 Å². The molecule has 3 unspecified atom stereocenters. The van der Waals surface area contributed by atoms with Crippen LogP contribution in [0.4, 0.5) is 0 Å². The molecular formula is C15H33N3. The maximum atomic E-state index is 6.32. The summed E-state index contributed by atoms with van der Waals surface area (Å²) < 4.78 is 0. The zero-order valence-electron chi connectivity index (χ0n) is 13.0. The molecule has 0 aromatic heterocycles. The van der Waals surface area contributed by atoms with E-state index in [1.165, 1.54) is 38.8 Å². The zero-order valence-corrected chi connectivity index (χ0v) is 13.0. The smallest absolute Gasteiger partial charge is 0.0246 e. The molecule has 3 atom stereocenters. The van der Waals surface area contributed by atoms with Gasteiger partial charge in [-0.15, -0.1) is 0 Å². The SMILES string of the molecule is CC(C)C1CCC(N)C(N(C)CCCN(C)C)C1. The molecule has 3 heteroatoms. The molecule has 0 saturated heterocycles. The highest BCUT2D eigenvalue weighted by Gasteiger charge is 2.31. The second kappa shape index (κ2) is 7.46. The first-order valence-electron chi connectivity index (χ1n) is 7.52. The lowest BCUT2D eigenvalue weighted by atomic mass is 9.76. The van der Waals surface area contributed by atoms with Gasteiger partial charge in [0.05, 0.1) is 0 Å². The van der Waals surface area contributed by atoms with E-state index in [9.17, 15) is 0 Å². The van der Waals surface area contributed by atoms with E-state index in [1.54, 1.807) is 0 Å². The fourth-order valence-electron chi connectivity index (χ4n) is 3.12. The second-order valence-electron chi connectivity index (χ2n) is 6.69. The first-order valence-corrected chi connectivity index (χ1v) is 7.52. The molecule has 18 heavy (non-hydrogen) atoms. The molecule has 0 aromatic rings. The Morgan fingerprint density at radius 2 is 1.78 bits per heavy atom. The minimum atomic E-state index is 0.379. The Morgan fingerprint density at radius 1 is 1.11 bits per heavy atom. The van der Waals surface area contributed by atoms with Gasteiger partial charge in [-0.25, -0.2) is 0 Å². The van der Waals surface area contributed by atoms with E-state index in [1.807, 2.05) is 0 Å². The van der Waals surface area contributed by atoms with Crippen LogP contribution in [0.25, 0.3) is 0 Å². The molecule has 108 valence electrons. The van der Waals surface area contributed by atoms with Crippen molar-refractivity contribution in [2.24, 2.45) is 17.6 Å². The van der Waals surface area contributed by atoms with E-state index in [2.05, 4.69) is 44.8 Å². The number of nitrogens with two attached hydrogens (primary N) is 1. The first-order chi connectivity index (χ1) is 8.41. The predicted octanol–water partition coefficient (Wildman–Crippen LogP) is 2.02. The molecule has 0 radical (unpaired) electrons. The lowest BCUT2D eigenvalue weighted by Crippen LogP contribution is -2.50. The van der Waals surface area contributed by atoms with Gasteiger partial charge in [0.2, 0.25) is 0 Å². The van der Waals surface area contributed by atoms with Crippen molar-refractivity contribution in [3.63, 3.8) is 0 Å². The van der Waals surface area contributed by atoms with Gasteiger partial charge in [0, 0.05) is 12.1 Å². The minimum absolute atomic E-state index is 0.379. The number of likely N-dealkylation sites (N-methyl/N-ethyl adjacent to an activating group) is 1. The molecule has 1 rings (SSSR count). The van der Waals surface area contributed by atoms with E-state index in [4.69, 9.17) is 5.73 Å². The Bertz CT molecular complexity index is 228. The third kappa shape index (κ3) is 4.87. The zero-order chi connectivity index (χ0) is 13.7. The molecule has 0 aromatic carbocycles. The van der Waals surface area contributed by atoms with Crippen LogP contribution in [0.5, 0.6) is 0 Å². The lowest BCUT2D eigenvalue weighted by molar-refractivity contribution is 0.115. The summed E-state index contributed by atoms with van der Waals surface area (Å²) in [7, 11) is 6.53. The Labute approximate surface area is 114 Å². The maximum Gasteiger partial charge on any atom is 0.0246 e. The number of hydrogen-bond donors (Lipinski definition) is 1. The number of hydrogen-bond acceptors (Lipinski definition) is 3. The second-order valence-corrected chi connectivity index (χ2v) is 6.69. The monoisotopic (exact) mass is 255 g/mol. The van der Waals surface area contributed by atoms with E-state index in [0.29, 0.717) is 12.1 Å². The van der Waals surface area contributed by atoms with Gasteiger partial charge in [-0.05, 0) is 71.8 Å². The number of rotatable bonds is 6. The van der Waals surface area contributed by atoms with Crippen molar-refractivity contribution in [3.8, 4) is 0 Å². The summed E-state index contributed by atoms with van der Waals surface area (Å²) in [5, 5.41) is 0. The van der Waals surface area contributed by atoms with Crippen LogP contribution in [0, 0.1) is 11.8 Å². The van der Waals surface area contributed by atoms with Crippen LogP contribution in [0.1, 0.15) is 39.5 Å². The fraction of sp³-hybridized carbons (Fsp3) is 1.00. The molecule has 0 amide bonds. The molecule has 2 N–H and O–H groups in total. The lowest BCUT2D eigenvalue weighted by Gasteiger charge is -2.41. The van der Waals surface area contributed by atoms with Gasteiger partial charge < -0.3 is 15.5 Å². The van der Waals surface area contributed by atoms with E-state index in [0.717, 1.165) is 11.8 Å². The largest absolute Gasteiger partial charge is 0.326 e. The third-order valence-electron chi connectivity index (χ3n) is 4.53. The highest BCUT2D eigenvalue weighted by Crippen LogP contribution is 2.31. The molecule has 1 fully saturated rings. The van der Waals surface area contributed by atoms with Gasteiger partial charge >= 0.3 is 0 Å². The summed E-state index contributed by atoms with van der Waals surface area (Å²) in [6, 6.07) is 0.970. The Kier molecular flexibility index (Phi) is 6.61. The average Bonchev–Trinajstić information content (AvgIpc) is 2.28. The molecule has 1 aliphatic carbocycles. The van der Waals surface area contributed by atoms with Gasteiger partial charge in [-0.3, -0.25) is 0 Å². The van der Waals surface area contributed by atoms with Crippen LogP contribution < -0.4 is 5.73 Å². The quantitative estimate of drug-likeness (QED) is 0.788. The van der Waals surface area contributed by atoms with Gasteiger partial charge in [0.15, 0.2) is 0 Å². The molecule has 0 heterocycles. The normalized spacial score (nSPS) is 29.5. The van der Waals surface area contributed by atoms with Gasteiger partial charge in [0.1, 0.15) is 0 Å². The summed E-state index contributed by atoms with van der Waals surface area (Å²) in [5.41, 5.74) is 6.32. The van der Waals surface area contributed by atoms with E-state index in [-0.39, 0.29) is 0 Å². The topological polar surface area (TPSA) is 32.5 Å². The summed E-state index contributed by atoms with van der Waals surface area (Å²) in [6.45, 7) is 7.04. The standard InChI is InChI=1S/C15H33N3/c1-12(2)13-7-8-14(16)15(11-13)18(5)10-6-9-17(3)4/h12-15H,6-11,16H2,1-5H3. The molecule has 0 spiro atoms. The fourth-order valence-corrected chi connectivity index (χ4v) is 3.12. The molecule has 0 bridgehead atoms. The van der Waals surface area contributed by atoms with E-state index >= 15 is 0 Å². The molecular weight excluding hydrogens is 222 g/mol. The third-order valence-corrected chi connectivity index (χ3v) is 4.53. The molecule has 3 nitrogen and oxygen atoms in total. The Balaban J connectivity index is 2.41. The van der Waals surface area contributed by atoms with Crippen LogP contribution in [-0.2, 0) is 0 Å². The summed E-state index contributed by atoms with van der Waals surface area (Å²) in [5.74, 6) is 1.67. The van der Waals surface area contributed by atoms with Crippen LogP contribution in [0.2, 0.25) is 0 Å². The van der Waals surface area contributed by atoms with Crippen LogP contribution in [0.15, 0.2) is 0 Å². The van der Waals surface area contributed by atoms with Crippen molar-refractivity contribution in [1.82, 2.24) is 9.80 Å². The van der Waals surface area contributed by atoms with Crippen molar-refractivity contribution in [1.29, 1.82) is 0 Å². The van der Waals surface area contributed by atoms with E-state index < -0.39 is 0 Å². The van der Waals surface area contributed by atoms with Gasteiger partial charge in [-0.2, -0.15) is 0 Å². The first kappa shape index (κ1) is 15.9. The Morgan fingerprint density at radius 3 is 2.33 bits per heavy atom. The minimum Gasteiger partial charge on any atom is -0.326 e. The number of nitrogens with zero attached hydrogens (tertiary/aromatic N) is 2. The molecule has 0 aliphatic heterocycles. The highest BCUT2D eigenvalue weighted by molar-refractivity contribution is 4.89. The summed E-state index contributed by atoms with van der Waals surface area (Å²) in [6.07, 6.45) is 5.04. The van der Waals surface area contributed by atoms with Crippen LogP contribution >= 0.6 is 0 Å². The summed E-state index contributed by atoms with van der Waals surface area (Å²) >= 11 is 0. The summed E-state index contributed by atoms with van der Waals surface area (Å²) in [4.78, 5) is 4.76. The van der Waals surface area contributed by atoms with Crippen LogP contribution in [0.3, 0.4) is 0 Å². The van der Waals surface area contributed by atoms with Crippen molar-refractivity contribution in [2.45, 2.75) is 51.6 Å². The Hall–Kier alpha value is -0.120. The van der Waals surface area contributed by atoms with Gasteiger partial charge in [-0.1, -0.05) is 13.8 Å². The average molecular weight is 255 g/mol. The van der Waals surface area contributed by atoms with Crippen LogP contribution in [-0.4, -0.2) is 56.1 Å². The van der Waals surface area contributed by atoms with Gasteiger partial charge in [0.25, 0.3) is 0 Å².